The number of nitrogens with one attached hydrogen (secondary N) is 2. The topological polar surface area (TPSA) is 88.2 Å². The summed E-state index contributed by atoms with van der Waals surface area (Å²) in [7, 11) is -3.36. The summed E-state index contributed by atoms with van der Waals surface area (Å²) in [6.45, 7) is 5.64. The number of hydrogen-bond donors (Lipinski definition) is 2. The van der Waals surface area contributed by atoms with Crippen molar-refractivity contribution in [2.75, 3.05) is 29.9 Å². The molecule has 0 spiro atoms. The number of thiazole rings is 1. The molecule has 2 heterocycles. The Morgan fingerprint density at radius 1 is 1.45 bits per heavy atom. The van der Waals surface area contributed by atoms with E-state index in [-0.39, 0.29) is 11.7 Å². The van der Waals surface area contributed by atoms with Crippen LogP contribution in [-0.4, -0.2) is 43.9 Å². The van der Waals surface area contributed by atoms with Gasteiger partial charge in [-0.3, -0.25) is 4.79 Å². The molecule has 1 aliphatic heterocycles. The van der Waals surface area contributed by atoms with Crippen molar-refractivity contribution in [3.8, 4) is 0 Å². The Bertz CT molecular complexity index is 605. The SMILES string of the molecule is CC(C)CS(=O)(=O)CC(=O)Nc1ncc(C2CCNCC2)s1. The first-order valence-corrected chi connectivity index (χ1v) is 10.2. The van der Waals surface area contributed by atoms with Crippen LogP contribution in [0.1, 0.15) is 37.5 Å². The van der Waals surface area contributed by atoms with Crippen molar-refractivity contribution in [1.29, 1.82) is 0 Å². The van der Waals surface area contributed by atoms with Gasteiger partial charge in [0.2, 0.25) is 5.91 Å². The van der Waals surface area contributed by atoms with E-state index < -0.39 is 21.5 Å². The minimum absolute atomic E-state index is 0.0178. The largest absolute Gasteiger partial charge is 0.317 e. The van der Waals surface area contributed by atoms with Crippen LogP contribution in [0.15, 0.2) is 6.20 Å². The molecule has 1 aromatic heterocycles. The van der Waals surface area contributed by atoms with Gasteiger partial charge >= 0.3 is 0 Å². The van der Waals surface area contributed by atoms with Gasteiger partial charge in [0, 0.05) is 11.1 Å². The van der Waals surface area contributed by atoms with E-state index in [1.165, 1.54) is 11.3 Å². The molecule has 1 aromatic rings. The van der Waals surface area contributed by atoms with Crippen LogP contribution in [0.3, 0.4) is 0 Å². The van der Waals surface area contributed by atoms with Crippen LogP contribution in [0.4, 0.5) is 5.13 Å². The summed E-state index contributed by atoms with van der Waals surface area (Å²) in [6.07, 6.45) is 3.93. The van der Waals surface area contributed by atoms with Gasteiger partial charge in [-0.05, 0) is 37.8 Å². The summed E-state index contributed by atoms with van der Waals surface area (Å²) in [4.78, 5) is 17.2. The maximum Gasteiger partial charge on any atom is 0.241 e. The number of carbonyl (C=O) groups is 1. The highest BCUT2D eigenvalue weighted by molar-refractivity contribution is 7.92. The quantitative estimate of drug-likeness (QED) is 0.818. The van der Waals surface area contributed by atoms with Crippen LogP contribution in [-0.2, 0) is 14.6 Å². The predicted octanol–water partition coefficient (Wildman–Crippen LogP) is 1.62. The number of anilines is 1. The molecule has 0 radical (unpaired) electrons. The smallest absolute Gasteiger partial charge is 0.241 e. The number of aromatic nitrogens is 1. The second-order valence-corrected chi connectivity index (χ2v) is 9.26. The normalized spacial score (nSPS) is 16.9. The molecule has 6 nitrogen and oxygen atoms in total. The zero-order chi connectivity index (χ0) is 16.2. The molecule has 124 valence electrons. The Morgan fingerprint density at radius 3 is 2.77 bits per heavy atom. The molecule has 2 N–H and O–H groups in total. The van der Waals surface area contributed by atoms with E-state index >= 15 is 0 Å². The summed E-state index contributed by atoms with van der Waals surface area (Å²) < 4.78 is 23.6. The van der Waals surface area contributed by atoms with Gasteiger partial charge < -0.3 is 10.6 Å². The van der Waals surface area contributed by atoms with E-state index in [2.05, 4.69) is 15.6 Å². The standard InChI is InChI=1S/C14H23N3O3S2/c1-10(2)8-22(19,20)9-13(18)17-14-16-7-12(21-14)11-3-5-15-6-4-11/h7,10-11,15H,3-6,8-9H2,1-2H3,(H,16,17,18). The Hall–Kier alpha value is -0.990. The summed E-state index contributed by atoms with van der Waals surface area (Å²) >= 11 is 1.44. The van der Waals surface area contributed by atoms with Gasteiger partial charge in [-0.25, -0.2) is 13.4 Å². The van der Waals surface area contributed by atoms with Crippen LogP contribution in [0.25, 0.3) is 0 Å². The lowest BCUT2D eigenvalue weighted by Crippen LogP contribution is -2.26. The maximum atomic E-state index is 11.9. The van der Waals surface area contributed by atoms with E-state index in [4.69, 9.17) is 0 Å². The molecule has 1 fully saturated rings. The highest BCUT2D eigenvalue weighted by Crippen LogP contribution is 2.31. The number of sulfone groups is 1. The molecular formula is C14H23N3O3S2. The first-order chi connectivity index (χ1) is 10.4. The first-order valence-electron chi connectivity index (χ1n) is 7.52. The van der Waals surface area contributed by atoms with Gasteiger partial charge in [0.05, 0.1) is 5.75 Å². The number of nitrogens with zero attached hydrogens (tertiary/aromatic N) is 1. The summed E-state index contributed by atoms with van der Waals surface area (Å²) in [5.74, 6) is -0.461. The van der Waals surface area contributed by atoms with Crippen molar-refractivity contribution in [1.82, 2.24) is 10.3 Å². The van der Waals surface area contributed by atoms with Crippen molar-refractivity contribution in [3.05, 3.63) is 11.1 Å². The molecule has 0 aromatic carbocycles. The summed E-state index contributed by atoms with van der Waals surface area (Å²) in [5.41, 5.74) is 0. The van der Waals surface area contributed by atoms with Gasteiger partial charge in [-0.1, -0.05) is 13.8 Å². The number of piperidine rings is 1. The number of rotatable bonds is 6. The number of hydrogen-bond acceptors (Lipinski definition) is 6. The zero-order valence-electron chi connectivity index (χ0n) is 13.0. The Kier molecular flexibility index (Phi) is 5.94. The molecule has 22 heavy (non-hydrogen) atoms. The molecule has 1 aliphatic rings. The molecule has 0 bridgehead atoms. The molecule has 8 heteroatoms. The molecule has 0 aliphatic carbocycles. The van der Waals surface area contributed by atoms with Gasteiger partial charge in [0.25, 0.3) is 0 Å². The average Bonchev–Trinajstić information content (AvgIpc) is 2.85. The van der Waals surface area contributed by atoms with E-state index in [1.54, 1.807) is 6.20 Å². The lowest BCUT2D eigenvalue weighted by Gasteiger charge is -2.20. The molecule has 2 rings (SSSR count). The first kappa shape index (κ1) is 17.4. The van der Waals surface area contributed by atoms with E-state index in [1.807, 2.05) is 13.8 Å². The molecule has 0 unspecified atom stereocenters. The fourth-order valence-electron chi connectivity index (χ4n) is 2.56. The van der Waals surface area contributed by atoms with E-state index in [9.17, 15) is 13.2 Å². The van der Waals surface area contributed by atoms with Crippen LogP contribution < -0.4 is 10.6 Å². The lowest BCUT2D eigenvalue weighted by atomic mass is 9.97. The highest BCUT2D eigenvalue weighted by Gasteiger charge is 2.21. The minimum atomic E-state index is -3.36. The minimum Gasteiger partial charge on any atom is -0.317 e. The Morgan fingerprint density at radius 2 is 2.14 bits per heavy atom. The summed E-state index contributed by atoms with van der Waals surface area (Å²) in [5, 5.41) is 6.40. The molecule has 1 amide bonds. The van der Waals surface area contributed by atoms with Crippen LogP contribution in [0, 0.1) is 5.92 Å². The predicted molar refractivity (Wildman–Crippen MR) is 89.1 cm³/mol. The van der Waals surface area contributed by atoms with Gasteiger partial charge in [-0.2, -0.15) is 0 Å². The van der Waals surface area contributed by atoms with Gasteiger partial charge in [0.15, 0.2) is 15.0 Å². The van der Waals surface area contributed by atoms with Crippen LogP contribution >= 0.6 is 11.3 Å². The molecule has 0 saturated carbocycles. The third-order valence-electron chi connectivity index (χ3n) is 3.45. The molecule has 0 atom stereocenters. The Labute approximate surface area is 135 Å². The highest BCUT2D eigenvalue weighted by atomic mass is 32.2. The average molecular weight is 345 g/mol. The number of carbonyl (C=O) groups excluding carboxylic acids is 1. The zero-order valence-corrected chi connectivity index (χ0v) is 14.6. The molecule has 1 saturated heterocycles. The van der Waals surface area contributed by atoms with Crippen molar-refractivity contribution in [2.45, 2.75) is 32.6 Å². The van der Waals surface area contributed by atoms with Crippen molar-refractivity contribution in [2.24, 2.45) is 5.92 Å². The van der Waals surface area contributed by atoms with Crippen molar-refractivity contribution in [3.63, 3.8) is 0 Å². The van der Waals surface area contributed by atoms with Crippen molar-refractivity contribution < 1.29 is 13.2 Å². The summed E-state index contributed by atoms with van der Waals surface area (Å²) in [6, 6.07) is 0. The Balaban J connectivity index is 1.90. The lowest BCUT2D eigenvalue weighted by molar-refractivity contribution is -0.113. The second kappa shape index (κ2) is 7.52. The number of amides is 1. The fraction of sp³-hybridized carbons (Fsp3) is 0.714. The van der Waals surface area contributed by atoms with Crippen LogP contribution in [0.2, 0.25) is 0 Å². The van der Waals surface area contributed by atoms with Crippen molar-refractivity contribution >= 4 is 32.2 Å². The third-order valence-corrected chi connectivity index (χ3v) is 6.40. The van der Waals surface area contributed by atoms with E-state index in [0.29, 0.717) is 11.0 Å². The van der Waals surface area contributed by atoms with Crippen LogP contribution in [0.5, 0.6) is 0 Å². The van der Waals surface area contributed by atoms with E-state index in [0.717, 1.165) is 30.8 Å². The fourth-order valence-corrected chi connectivity index (χ4v) is 5.17. The van der Waals surface area contributed by atoms with Gasteiger partial charge in [-0.15, -0.1) is 11.3 Å². The molecular weight excluding hydrogens is 322 g/mol. The van der Waals surface area contributed by atoms with Gasteiger partial charge in [0.1, 0.15) is 5.75 Å². The third kappa shape index (κ3) is 5.33. The monoisotopic (exact) mass is 345 g/mol. The maximum absolute atomic E-state index is 11.9. The second-order valence-electron chi connectivity index (χ2n) is 6.09.